The molecular formula is C9H14N2. The molecule has 1 N–H and O–H groups in total. The first-order valence-electron chi connectivity index (χ1n) is 3.91. The summed E-state index contributed by atoms with van der Waals surface area (Å²) >= 11 is 0. The highest BCUT2D eigenvalue weighted by Crippen LogP contribution is 2.13. The summed E-state index contributed by atoms with van der Waals surface area (Å²) in [6.07, 6.45) is 1.90. The second kappa shape index (κ2) is 3.37. The van der Waals surface area contributed by atoms with Crippen LogP contribution in [0, 0.1) is 13.8 Å². The summed E-state index contributed by atoms with van der Waals surface area (Å²) in [6, 6.07) is 2.07. The summed E-state index contributed by atoms with van der Waals surface area (Å²) in [4.78, 5) is 4.18. The Bertz CT molecular complexity index is 243. The van der Waals surface area contributed by atoms with Gasteiger partial charge in [-0.15, -0.1) is 0 Å². The second-order valence-electron chi connectivity index (χ2n) is 2.67. The van der Waals surface area contributed by atoms with E-state index in [9.17, 15) is 0 Å². The van der Waals surface area contributed by atoms with Gasteiger partial charge in [-0.25, -0.2) is 0 Å². The molecule has 2 heteroatoms. The fraction of sp³-hybridized carbons (Fsp3) is 0.444. The highest BCUT2D eigenvalue weighted by molar-refractivity contribution is 5.49. The maximum Gasteiger partial charge on any atom is 0.0403 e. The van der Waals surface area contributed by atoms with Crippen LogP contribution < -0.4 is 5.32 Å². The van der Waals surface area contributed by atoms with Gasteiger partial charge in [0.1, 0.15) is 0 Å². The molecule has 60 valence electrons. The number of nitrogens with zero attached hydrogens (tertiary/aromatic N) is 1. The summed E-state index contributed by atoms with van der Waals surface area (Å²) < 4.78 is 0. The van der Waals surface area contributed by atoms with Gasteiger partial charge in [-0.3, -0.25) is 4.98 Å². The smallest absolute Gasteiger partial charge is 0.0403 e. The van der Waals surface area contributed by atoms with E-state index in [-0.39, 0.29) is 0 Å². The SMILES string of the molecule is CCNc1cc(C)ncc1C. The van der Waals surface area contributed by atoms with E-state index in [1.54, 1.807) is 0 Å². The highest BCUT2D eigenvalue weighted by Gasteiger charge is 1.95. The van der Waals surface area contributed by atoms with Gasteiger partial charge in [0, 0.05) is 24.1 Å². The molecule has 0 amide bonds. The quantitative estimate of drug-likeness (QED) is 0.698. The summed E-state index contributed by atoms with van der Waals surface area (Å²) in [6.45, 7) is 7.12. The summed E-state index contributed by atoms with van der Waals surface area (Å²) in [7, 11) is 0. The molecule has 0 aliphatic rings. The van der Waals surface area contributed by atoms with Crippen molar-refractivity contribution >= 4 is 5.69 Å². The maximum atomic E-state index is 4.18. The van der Waals surface area contributed by atoms with Crippen molar-refractivity contribution < 1.29 is 0 Å². The van der Waals surface area contributed by atoms with E-state index in [4.69, 9.17) is 0 Å². The van der Waals surface area contributed by atoms with Gasteiger partial charge in [0.15, 0.2) is 0 Å². The topological polar surface area (TPSA) is 24.9 Å². The fourth-order valence-corrected chi connectivity index (χ4v) is 1.01. The molecular weight excluding hydrogens is 136 g/mol. The Morgan fingerprint density at radius 2 is 2.18 bits per heavy atom. The van der Waals surface area contributed by atoms with Crippen molar-refractivity contribution in [1.29, 1.82) is 0 Å². The Kier molecular flexibility index (Phi) is 2.47. The van der Waals surface area contributed by atoms with Crippen molar-refractivity contribution in [2.24, 2.45) is 0 Å². The average Bonchev–Trinajstić information content (AvgIpc) is 1.98. The summed E-state index contributed by atoms with van der Waals surface area (Å²) in [5.74, 6) is 0. The number of anilines is 1. The van der Waals surface area contributed by atoms with Crippen molar-refractivity contribution in [3.63, 3.8) is 0 Å². The van der Waals surface area contributed by atoms with Gasteiger partial charge < -0.3 is 5.32 Å². The van der Waals surface area contributed by atoms with E-state index in [1.165, 1.54) is 11.3 Å². The molecule has 0 radical (unpaired) electrons. The fourth-order valence-electron chi connectivity index (χ4n) is 1.01. The molecule has 0 saturated heterocycles. The molecule has 1 heterocycles. The Morgan fingerprint density at radius 3 is 2.82 bits per heavy atom. The van der Waals surface area contributed by atoms with Crippen LogP contribution in [-0.4, -0.2) is 11.5 Å². The summed E-state index contributed by atoms with van der Waals surface area (Å²) in [5, 5.41) is 3.28. The lowest BCUT2D eigenvalue weighted by Crippen LogP contribution is -1.99. The largest absolute Gasteiger partial charge is 0.385 e. The molecule has 0 aliphatic heterocycles. The number of pyridine rings is 1. The minimum absolute atomic E-state index is 0.963. The Balaban J connectivity index is 2.93. The predicted molar refractivity (Wildman–Crippen MR) is 47.9 cm³/mol. The molecule has 0 saturated carbocycles. The zero-order valence-corrected chi connectivity index (χ0v) is 7.31. The first kappa shape index (κ1) is 8.05. The van der Waals surface area contributed by atoms with Crippen LogP contribution in [0.5, 0.6) is 0 Å². The number of hydrogen-bond acceptors (Lipinski definition) is 2. The monoisotopic (exact) mass is 150 g/mol. The van der Waals surface area contributed by atoms with E-state index >= 15 is 0 Å². The molecule has 0 spiro atoms. The van der Waals surface area contributed by atoms with Crippen LogP contribution in [0.2, 0.25) is 0 Å². The maximum absolute atomic E-state index is 4.18. The third kappa shape index (κ3) is 1.93. The van der Waals surface area contributed by atoms with Crippen molar-refractivity contribution in [3.8, 4) is 0 Å². The van der Waals surface area contributed by atoms with Gasteiger partial charge in [-0.1, -0.05) is 0 Å². The standard InChI is InChI=1S/C9H14N2/c1-4-10-9-5-8(3)11-6-7(9)2/h5-6H,4H2,1-3H3,(H,10,11). The van der Waals surface area contributed by atoms with Crippen molar-refractivity contribution in [2.45, 2.75) is 20.8 Å². The number of aromatic nitrogens is 1. The van der Waals surface area contributed by atoms with Crippen LogP contribution in [0.15, 0.2) is 12.3 Å². The Morgan fingerprint density at radius 1 is 1.45 bits per heavy atom. The van der Waals surface area contributed by atoms with Crippen LogP contribution in [0.4, 0.5) is 5.69 Å². The molecule has 11 heavy (non-hydrogen) atoms. The van der Waals surface area contributed by atoms with Gasteiger partial charge in [0.05, 0.1) is 0 Å². The zero-order chi connectivity index (χ0) is 8.27. The van der Waals surface area contributed by atoms with Crippen LogP contribution in [0.25, 0.3) is 0 Å². The van der Waals surface area contributed by atoms with Crippen molar-refractivity contribution in [1.82, 2.24) is 4.98 Å². The number of aryl methyl sites for hydroxylation is 2. The molecule has 0 fully saturated rings. The molecule has 0 bridgehead atoms. The third-order valence-electron chi connectivity index (χ3n) is 1.61. The normalized spacial score (nSPS) is 9.73. The molecule has 2 nitrogen and oxygen atoms in total. The highest BCUT2D eigenvalue weighted by atomic mass is 14.9. The summed E-state index contributed by atoms with van der Waals surface area (Å²) in [5.41, 5.74) is 3.46. The van der Waals surface area contributed by atoms with Crippen molar-refractivity contribution in [2.75, 3.05) is 11.9 Å². The van der Waals surface area contributed by atoms with Gasteiger partial charge in [0.2, 0.25) is 0 Å². The van der Waals surface area contributed by atoms with Crippen LogP contribution >= 0.6 is 0 Å². The lowest BCUT2D eigenvalue weighted by molar-refractivity contribution is 1.14. The molecule has 0 atom stereocenters. The number of nitrogens with one attached hydrogen (secondary N) is 1. The predicted octanol–water partition coefficient (Wildman–Crippen LogP) is 2.13. The minimum atomic E-state index is 0.963. The van der Waals surface area contributed by atoms with E-state index in [0.717, 1.165) is 12.2 Å². The van der Waals surface area contributed by atoms with E-state index in [0.29, 0.717) is 0 Å². The lowest BCUT2D eigenvalue weighted by Gasteiger charge is -2.06. The van der Waals surface area contributed by atoms with E-state index in [1.807, 2.05) is 13.1 Å². The minimum Gasteiger partial charge on any atom is -0.385 e. The molecule has 1 aromatic heterocycles. The Hall–Kier alpha value is -1.05. The van der Waals surface area contributed by atoms with Crippen LogP contribution in [0.1, 0.15) is 18.2 Å². The first-order chi connectivity index (χ1) is 5.24. The van der Waals surface area contributed by atoms with Crippen LogP contribution in [-0.2, 0) is 0 Å². The molecule has 1 rings (SSSR count). The number of rotatable bonds is 2. The van der Waals surface area contributed by atoms with Crippen LogP contribution in [0.3, 0.4) is 0 Å². The van der Waals surface area contributed by atoms with Crippen molar-refractivity contribution in [3.05, 3.63) is 23.5 Å². The van der Waals surface area contributed by atoms with Gasteiger partial charge in [-0.05, 0) is 32.4 Å². The third-order valence-corrected chi connectivity index (χ3v) is 1.61. The average molecular weight is 150 g/mol. The molecule has 0 aliphatic carbocycles. The van der Waals surface area contributed by atoms with E-state index in [2.05, 4.69) is 30.2 Å². The second-order valence-corrected chi connectivity index (χ2v) is 2.67. The van der Waals surface area contributed by atoms with Gasteiger partial charge in [0.25, 0.3) is 0 Å². The lowest BCUT2D eigenvalue weighted by atomic mass is 10.2. The van der Waals surface area contributed by atoms with Gasteiger partial charge in [-0.2, -0.15) is 0 Å². The number of hydrogen-bond donors (Lipinski definition) is 1. The Labute approximate surface area is 67.7 Å². The van der Waals surface area contributed by atoms with E-state index < -0.39 is 0 Å². The molecule has 0 aromatic carbocycles. The molecule has 1 aromatic rings. The van der Waals surface area contributed by atoms with Gasteiger partial charge >= 0.3 is 0 Å². The zero-order valence-electron chi connectivity index (χ0n) is 7.31. The molecule has 0 unspecified atom stereocenters. The first-order valence-corrected chi connectivity index (χ1v) is 3.91.